The van der Waals surface area contributed by atoms with Crippen molar-refractivity contribution >= 4 is 26.8 Å². The Morgan fingerprint density at radius 3 is 2.35 bits per heavy atom. The van der Waals surface area contributed by atoms with Gasteiger partial charge in [0.1, 0.15) is 5.82 Å². The number of urea groups is 1. The molecule has 1 unspecified atom stereocenters. The van der Waals surface area contributed by atoms with Crippen molar-refractivity contribution in [2.45, 2.75) is 48.8 Å². The van der Waals surface area contributed by atoms with Crippen LogP contribution in [0.4, 0.5) is 25.1 Å². The first kappa shape index (κ1) is 23.4. The molecule has 1 N–H and O–H groups in total. The maximum Gasteiger partial charge on any atom is 0.322 e. The molecule has 182 valence electrons. The first-order valence-electron chi connectivity index (χ1n) is 11.9. The molecule has 2 amide bonds. The molecule has 1 aliphatic carbocycles. The highest BCUT2D eigenvalue weighted by molar-refractivity contribution is 7.17. The van der Waals surface area contributed by atoms with Gasteiger partial charge in [0.2, 0.25) is 0 Å². The van der Waals surface area contributed by atoms with Gasteiger partial charge in [-0.1, -0.05) is 39.6 Å². The zero-order valence-corrected chi connectivity index (χ0v) is 20.9. The zero-order chi connectivity index (χ0) is 24.1. The highest BCUT2D eigenvalue weighted by Gasteiger charge is 2.50. The van der Waals surface area contributed by atoms with Crippen LogP contribution in [0.2, 0.25) is 0 Å². The summed E-state index contributed by atoms with van der Waals surface area (Å²) in [4.78, 5) is 23.1. The smallest absolute Gasteiger partial charge is 0.322 e. The summed E-state index contributed by atoms with van der Waals surface area (Å²) >= 11 is 0. The number of pyridine rings is 1. The maximum atomic E-state index is 14.4. The molecule has 5 rings (SSSR count). The minimum Gasteiger partial charge on any atom is -0.356 e. The Labute approximate surface area is 201 Å². The summed E-state index contributed by atoms with van der Waals surface area (Å²) in [6, 6.07) is 11.7. The quantitative estimate of drug-likeness (QED) is 0.631. The van der Waals surface area contributed by atoms with Crippen molar-refractivity contribution in [2.24, 2.45) is 0 Å². The predicted molar refractivity (Wildman–Crippen MR) is 134 cm³/mol. The SMILES string of the molecule is CN(C)[C@]1(c2ccccc2)CC[C@]2(CC1)CN(c1cnc(N3CCC3)c(C(F)(F)P)c1)C(=O)N2. The van der Waals surface area contributed by atoms with E-state index in [-0.39, 0.29) is 22.7 Å². The number of carbonyl (C=O) groups excluding carboxylic acids is 1. The fraction of sp³-hybridized carbons (Fsp3) is 0.520. The van der Waals surface area contributed by atoms with Gasteiger partial charge in [0.25, 0.3) is 5.66 Å². The van der Waals surface area contributed by atoms with Gasteiger partial charge >= 0.3 is 6.03 Å². The summed E-state index contributed by atoms with van der Waals surface area (Å²) in [7, 11) is 5.84. The number of aromatic nitrogens is 1. The fourth-order valence-corrected chi connectivity index (χ4v) is 5.92. The van der Waals surface area contributed by atoms with Crippen molar-refractivity contribution in [1.82, 2.24) is 15.2 Å². The Hall–Kier alpha value is -2.31. The van der Waals surface area contributed by atoms with Gasteiger partial charge in [0.05, 0.1) is 29.5 Å². The van der Waals surface area contributed by atoms with E-state index < -0.39 is 5.66 Å². The Balaban J connectivity index is 1.38. The first-order valence-corrected chi connectivity index (χ1v) is 12.5. The number of halogens is 2. The molecule has 2 saturated heterocycles. The van der Waals surface area contributed by atoms with Crippen LogP contribution in [0.3, 0.4) is 0 Å². The number of alkyl halides is 2. The standard InChI is InChI=1S/C25H32F2N5OP/c1-30(2)24(18-7-4-3-5-8-18)11-9-23(10-12-24)17-32(22(33)29-23)19-15-20(25(26,27)34)21(28-16-19)31-13-6-14-31/h3-5,7-8,15-16H,6,9-14,17,34H2,1-2H3,(H,29,33)/t23-,24+. The van der Waals surface area contributed by atoms with Crippen molar-refractivity contribution in [2.75, 3.05) is 43.5 Å². The van der Waals surface area contributed by atoms with E-state index in [1.165, 1.54) is 11.6 Å². The van der Waals surface area contributed by atoms with Crippen LogP contribution >= 0.6 is 9.24 Å². The van der Waals surface area contributed by atoms with Gasteiger partial charge in [-0.15, -0.1) is 0 Å². The minimum atomic E-state index is -3.12. The number of hydrogen-bond acceptors (Lipinski definition) is 4. The number of anilines is 2. The second-order valence-corrected chi connectivity index (χ2v) is 10.8. The number of hydrogen-bond donors (Lipinski definition) is 1. The maximum absolute atomic E-state index is 14.4. The third kappa shape index (κ3) is 3.95. The van der Waals surface area contributed by atoms with Crippen molar-refractivity contribution in [3.05, 3.63) is 53.7 Å². The summed E-state index contributed by atoms with van der Waals surface area (Å²) in [5.41, 5.74) is -2.02. The highest BCUT2D eigenvalue weighted by atomic mass is 31.0. The molecule has 2 aliphatic heterocycles. The van der Waals surface area contributed by atoms with Crippen LogP contribution in [0.1, 0.15) is 43.2 Å². The van der Waals surface area contributed by atoms with Crippen molar-refractivity contribution < 1.29 is 13.6 Å². The lowest BCUT2D eigenvalue weighted by molar-refractivity contribution is 0.0658. The second-order valence-electron chi connectivity index (χ2n) is 10.1. The van der Waals surface area contributed by atoms with E-state index in [0.717, 1.165) is 45.2 Å². The van der Waals surface area contributed by atoms with Crippen LogP contribution in [-0.2, 0) is 11.2 Å². The van der Waals surface area contributed by atoms with Gasteiger partial charge in [0.15, 0.2) is 0 Å². The van der Waals surface area contributed by atoms with E-state index in [2.05, 4.69) is 53.6 Å². The van der Waals surface area contributed by atoms with Crippen LogP contribution in [-0.4, -0.2) is 55.2 Å². The van der Waals surface area contributed by atoms with Gasteiger partial charge in [-0.3, -0.25) is 9.80 Å². The fourth-order valence-electron chi connectivity index (χ4n) is 5.70. The molecule has 1 aromatic carbocycles. The number of benzene rings is 1. The second kappa shape index (κ2) is 8.42. The van der Waals surface area contributed by atoms with Crippen LogP contribution in [0, 0.1) is 0 Å². The molecule has 0 bridgehead atoms. The molecule has 1 spiro atoms. The van der Waals surface area contributed by atoms with E-state index in [9.17, 15) is 13.6 Å². The van der Waals surface area contributed by atoms with Crippen molar-refractivity contribution in [3.63, 3.8) is 0 Å². The molecular weight excluding hydrogens is 455 g/mol. The van der Waals surface area contributed by atoms with Crippen molar-refractivity contribution in [1.29, 1.82) is 0 Å². The van der Waals surface area contributed by atoms with Crippen LogP contribution in [0.15, 0.2) is 42.6 Å². The number of amides is 2. The zero-order valence-electron chi connectivity index (χ0n) is 19.7. The average Bonchev–Trinajstić information content (AvgIpc) is 3.09. The third-order valence-corrected chi connectivity index (χ3v) is 8.27. The minimum absolute atomic E-state index is 0.0836. The molecule has 6 nitrogen and oxygen atoms in total. The average molecular weight is 488 g/mol. The molecule has 1 atom stereocenters. The Kier molecular flexibility index (Phi) is 5.80. The van der Waals surface area contributed by atoms with E-state index in [1.54, 1.807) is 20.3 Å². The normalized spacial score (nSPS) is 27.3. The predicted octanol–water partition coefficient (Wildman–Crippen LogP) is 4.52. The Bertz CT molecular complexity index is 1060. The summed E-state index contributed by atoms with van der Waals surface area (Å²) < 4.78 is 28.9. The number of carbonyl (C=O) groups is 1. The molecule has 34 heavy (non-hydrogen) atoms. The molecule has 3 fully saturated rings. The number of rotatable bonds is 5. The highest BCUT2D eigenvalue weighted by Crippen LogP contribution is 2.47. The lowest BCUT2D eigenvalue weighted by atomic mass is 9.69. The van der Waals surface area contributed by atoms with Gasteiger partial charge < -0.3 is 10.2 Å². The van der Waals surface area contributed by atoms with Gasteiger partial charge in [-0.05, 0) is 57.8 Å². The van der Waals surface area contributed by atoms with E-state index >= 15 is 0 Å². The summed E-state index contributed by atoms with van der Waals surface area (Å²) in [6.07, 6.45) is 5.96. The molecule has 9 heteroatoms. The first-order chi connectivity index (χ1) is 16.1. The molecule has 1 saturated carbocycles. The number of nitrogens with one attached hydrogen (secondary N) is 1. The topological polar surface area (TPSA) is 51.7 Å². The monoisotopic (exact) mass is 487 g/mol. The Morgan fingerprint density at radius 2 is 1.79 bits per heavy atom. The van der Waals surface area contributed by atoms with Gasteiger partial charge in [-0.2, -0.15) is 8.78 Å². The van der Waals surface area contributed by atoms with E-state index in [4.69, 9.17) is 0 Å². The summed E-state index contributed by atoms with van der Waals surface area (Å²) in [5.74, 6) is 0.306. The van der Waals surface area contributed by atoms with Crippen molar-refractivity contribution in [3.8, 4) is 0 Å². The van der Waals surface area contributed by atoms with Gasteiger partial charge in [0, 0.05) is 18.6 Å². The van der Waals surface area contributed by atoms with Crippen LogP contribution in [0.25, 0.3) is 0 Å². The molecule has 3 heterocycles. The summed E-state index contributed by atoms with van der Waals surface area (Å²) in [5, 5.41) is 3.20. The van der Waals surface area contributed by atoms with Crippen LogP contribution in [0.5, 0.6) is 0 Å². The third-order valence-electron chi connectivity index (χ3n) is 7.96. The molecule has 3 aliphatic rings. The van der Waals surface area contributed by atoms with Crippen LogP contribution < -0.4 is 15.1 Å². The lowest BCUT2D eigenvalue weighted by Gasteiger charge is -2.48. The van der Waals surface area contributed by atoms with Gasteiger partial charge in [-0.25, -0.2) is 9.78 Å². The number of nitrogens with zero attached hydrogens (tertiary/aromatic N) is 4. The molecular formula is C25H32F2N5OP. The largest absolute Gasteiger partial charge is 0.356 e. The molecule has 2 aromatic rings. The lowest BCUT2D eigenvalue weighted by Crippen LogP contribution is -2.54. The summed E-state index contributed by atoms with van der Waals surface area (Å²) in [6.45, 7) is 1.90. The molecule has 0 radical (unpaired) electrons. The Morgan fingerprint density at radius 1 is 1.12 bits per heavy atom. The van der Waals surface area contributed by atoms with E-state index in [1.807, 2.05) is 11.0 Å². The van der Waals surface area contributed by atoms with E-state index in [0.29, 0.717) is 18.1 Å². The molecule has 1 aromatic heterocycles.